The predicted octanol–water partition coefficient (Wildman–Crippen LogP) is 5.56. The van der Waals surface area contributed by atoms with E-state index in [2.05, 4.69) is 5.32 Å². The molecule has 150 valence electrons. The van der Waals surface area contributed by atoms with E-state index in [0.29, 0.717) is 22.1 Å². The Balaban J connectivity index is 1.73. The lowest BCUT2D eigenvalue weighted by Crippen LogP contribution is -2.26. The largest absolute Gasteiger partial charge is 0.496 e. The van der Waals surface area contributed by atoms with E-state index in [-0.39, 0.29) is 24.4 Å². The van der Waals surface area contributed by atoms with Crippen LogP contribution in [-0.4, -0.2) is 13.0 Å². The molecule has 4 nitrogen and oxygen atoms in total. The average Bonchev–Trinajstić information content (AvgIpc) is 2.73. The molecule has 0 radical (unpaired) electrons. The van der Waals surface area contributed by atoms with Crippen molar-refractivity contribution in [1.82, 2.24) is 5.32 Å². The van der Waals surface area contributed by atoms with Gasteiger partial charge in [0.15, 0.2) is 0 Å². The summed E-state index contributed by atoms with van der Waals surface area (Å²) < 4.78 is 24.3. The Morgan fingerprint density at radius 2 is 1.79 bits per heavy atom. The summed E-state index contributed by atoms with van der Waals surface area (Å²) in [5.74, 6) is 0.602. The molecule has 6 heteroatoms. The van der Waals surface area contributed by atoms with E-state index in [1.54, 1.807) is 49.6 Å². The maximum Gasteiger partial charge on any atom is 0.251 e. The molecule has 0 aliphatic heterocycles. The average molecular weight is 414 g/mol. The molecule has 0 saturated carbocycles. The van der Waals surface area contributed by atoms with E-state index in [1.165, 1.54) is 12.1 Å². The number of rotatable bonds is 7. The summed E-state index contributed by atoms with van der Waals surface area (Å²) in [6.07, 6.45) is 0. The lowest BCUT2D eigenvalue weighted by Gasteiger charge is -2.16. The van der Waals surface area contributed by atoms with Gasteiger partial charge in [-0.15, -0.1) is 0 Å². The first-order valence-corrected chi connectivity index (χ1v) is 9.46. The molecule has 0 bridgehead atoms. The molecule has 0 spiro atoms. The number of hydrogen-bond acceptors (Lipinski definition) is 3. The fraction of sp³-hybridized carbons (Fsp3) is 0.174. The van der Waals surface area contributed by atoms with Crippen molar-refractivity contribution in [2.75, 3.05) is 7.11 Å². The van der Waals surface area contributed by atoms with Crippen LogP contribution in [0.25, 0.3) is 0 Å². The van der Waals surface area contributed by atoms with Gasteiger partial charge in [0.05, 0.1) is 18.2 Å². The van der Waals surface area contributed by atoms with Crippen LogP contribution in [0.5, 0.6) is 11.5 Å². The molecular formula is C23H21ClFNO3. The van der Waals surface area contributed by atoms with Crippen molar-refractivity contribution in [3.05, 3.63) is 94.3 Å². The van der Waals surface area contributed by atoms with Gasteiger partial charge in [0.2, 0.25) is 0 Å². The van der Waals surface area contributed by atoms with Crippen LogP contribution in [0, 0.1) is 5.82 Å². The van der Waals surface area contributed by atoms with Gasteiger partial charge in [-0.3, -0.25) is 4.79 Å². The number of halogens is 2. The molecule has 1 N–H and O–H groups in total. The Labute approximate surface area is 174 Å². The fourth-order valence-corrected chi connectivity index (χ4v) is 3.05. The van der Waals surface area contributed by atoms with Crippen molar-refractivity contribution in [1.29, 1.82) is 0 Å². The van der Waals surface area contributed by atoms with Crippen molar-refractivity contribution < 1.29 is 18.7 Å². The standard InChI is InChI=1S/C23H21ClFNO3/c1-15(16-7-10-19(25)11-8-16)26-23(27)17-9-12-21(28-2)18(13-17)14-29-22-6-4-3-5-20(22)24/h3-13,15H,14H2,1-2H3,(H,26,27). The van der Waals surface area contributed by atoms with Crippen LogP contribution in [0.4, 0.5) is 4.39 Å². The van der Waals surface area contributed by atoms with Gasteiger partial charge < -0.3 is 14.8 Å². The van der Waals surface area contributed by atoms with E-state index in [0.717, 1.165) is 11.1 Å². The van der Waals surface area contributed by atoms with Crippen LogP contribution in [-0.2, 0) is 6.61 Å². The summed E-state index contributed by atoms with van der Waals surface area (Å²) >= 11 is 6.13. The zero-order valence-corrected chi connectivity index (χ0v) is 16.9. The van der Waals surface area contributed by atoms with E-state index in [9.17, 15) is 9.18 Å². The van der Waals surface area contributed by atoms with Crippen molar-refractivity contribution in [2.24, 2.45) is 0 Å². The highest BCUT2D eigenvalue weighted by Crippen LogP contribution is 2.27. The zero-order valence-electron chi connectivity index (χ0n) is 16.1. The second kappa shape index (κ2) is 9.43. The highest BCUT2D eigenvalue weighted by Gasteiger charge is 2.14. The number of hydrogen-bond donors (Lipinski definition) is 1. The van der Waals surface area contributed by atoms with Crippen LogP contribution in [0.2, 0.25) is 5.02 Å². The highest BCUT2D eigenvalue weighted by molar-refractivity contribution is 6.32. The zero-order chi connectivity index (χ0) is 20.8. The molecule has 0 heterocycles. The van der Waals surface area contributed by atoms with Crippen molar-refractivity contribution in [2.45, 2.75) is 19.6 Å². The first-order valence-electron chi connectivity index (χ1n) is 9.08. The monoisotopic (exact) mass is 413 g/mol. The summed E-state index contributed by atoms with van der Waals surface area (Å²) in [4.78, 5) is 12.7. The summed E-state index contributed by atoms with van der Waals surface area (Å²) in [5.41, 5.74) is 2.00. The van der Waals surface area contributed by atoms with E-state index in [1.807, 2.05) is 19.1 Å². The Kier molecular flexibility index (Phi) is 6.73. The van der Waals surface area contributed by atoms with Crippen LogP contribution in [0.15, 0.2) is 66.7 Å². The lowest BCUT2D eigenvalue weighted by atomic mass is 10.1. The third-order valence-electron chi connectivity index (χ3n) is 4.48. The Morgan fingerprint density at radius 1 is 1.07 bits per heavy atom. The molecule has 0 aliphatic carbocycles. The number of carbonyl (C=O) groups is 1. The normalized spacial score (nSPS) is 11.6. The molecule has 0 aromatic heterocycles. The van der Waals surface area contributed by atoms with Gasteiger partial charge in [-0.05, 0) is 55.0 Å². The Morgan fingerprint density at radius 3 is 2.48 bits per heavy atom. The third-order valence-corrected chi connectivity index (χ3v) is 4.79. The molecule has 3 rings (SSSR count). The van der Waals surface area contributed by atoms with Gasteiger partial charge in [0.1, 0.15) is 23.9 Å². The molecular weight excluding hydrogens is 393 g/mol. The molecule has 1 atom stereocenters. The van der Waals surface area contributed by atoms with Gasteiger partial charge in [-0.2, -0.15) is 0 Å². The van der Waals surface area contributed by atoms with Crippen LogP contribution < -0.4 is 14.8 Å². The minimum absolute atomic E-state index is 0.196. The number of amides is 1. The molecule has 1 amide bonds. The molecule has 1 unspecified atom stereocenters. The lowest BCUT2D eigenvalue weighted by molar-refractivity contribution is 0.0939. The van der Waals surface area contributed by atoms with Gasteiger partial charge >= 0.3 is 0 Å². The third kappa shape index (κ3) is 5.27. The number of nitrogens with one attached hydrogen (secondary N) is 1. The van der Waals surface area contributed by atoms with E-state index < -0.39 is 0 Å². The summed E-state index contributed by atoms with van der Waals surface area (Å²) in [6, 6.07) is 18.1. The SMILES string of the molecule is COc1ccc(C(=O)NC(C)c2ccc(F)cc2)cc1COc1ccccc1Cl. The van der Waals surface area contributed by atoms with E-state index >= 15 is 0 Å². The van der Waals surface area contributed by atoms with Crippen LogP contribution >= 0.6 is 11.6 Å². The predicted molar refractivity (Wildman–Crippen MR) is 111 cm³/mol. The molecule has 0 saturated heterocycles. The number of para-hydroxylation sites is 1. The summed E-state index contributed by atoms with van der Waals surface area (Å²) in [7, 11) is 1.56. The molecule has 3 aromatic rings. The van der Waals surface area contributed by atoms with Crippen LogP contribution in [0.3, 0.4) is 0 Å². The first kappa shape index (κ1) is 20.7. The smallest absolute Gasteiger partial charge is 0.251 e. The first-order chi connectivity index (χ1) is 14.0. The highest BCUT2D eigenvalue weighted by atomic mass is 35.5. The number of ether oxygens (including phenoxy) is 2. The number of carbonyl (C=O) groups excluding carboxylic acids is 1. The van der Waals surface area contributed by atoms with E-state index in [4.69, 9.17) is 21.1 Å². The van der Waals surface area contributed by atoms with Gasteiger partial charge in [-0.25, -0.2) is 4.39 Å². The summed E-state index contributed by atoms with van der Waals surface area (Å²) in [6.45, 7) is 2.04. The fourth-order valence-electron chi connectivity index (χ4n) is 2.86. The molecule has 29 heavy (non-hydrogen) atoms. The van der Waals surface area contributed by atoms with Crippen LogP contribution in [0.1, 0.15) is 34.5 Å². The Bertz CT molecular complexity index is 992. The quantitative estimate of drug-likeness (QED) is 0.551. The summed E-state index contributed by atoms with van der Waals surface area (Å²) in [5, 5.41) is 3.42. The molecule has 0 fully saturated rings. The topological polar surface area (TPSA) is 47.6 Å². The van der Waals surface area contributed by atoms with Crippen molar-refractivity contribution in [3.8, 4) is 11.5 Å². The minimum atomic E-state index is -0.314. The molecule has 0 aliphatic rings. The van der Waals surface area contributed by atoms with Gasteiger partial charge in [0, 0.05) is 11.1 Å². The number of methoxy groups -OCH3 is 1. The molecule has 3 aromatic carbocycles. The second-order valence-electron chi connectivity index (χ2n) is 6.49. The Hall–Kier alpha value is -3.05. The maximum absolute atomic E-state index is 13.1. The van der Waals surface area contributed by atoms with Crippen molar-refractivity contribution in [3.63, 3.8) is 0 Å². The maximum atomic E-state index is 13.1. The minimum Gasteiger partial charge on any atom is -0.496 e. The van der Waals surface area contributed by atoms with Gasteiger partial charge in [-0.1, -0.05) is 35.9 Å². The number of benzene rings is 3. The van der Waals surface area contributed by atoms with Crippen molar-refractivity contribution >= 4 is 17.5 Å². The van der Waals surface area contributed by atoms with Gasteiger partial charge in [0.25, 0.3) is 5.91 Å². The second-order valence-corrected chi connectivity index (χ2v) is 6.90.